The first-order valence-corrected chi connectivity index (χ1v) is 4.11. The molecule has 0 saturated carbocycles. The minimum Gasteiger partial charge on any atom is -0.315 e. The SMILES string of the molecule is CCCNCCn1cccn1. The van der Waals surface area contributed by atoms with Gasteiger partial charge in [0.2, 0.25) is 0 Å². The molecule has 1 heterocycles. The third-order valence-electron chi connectivity index (χ3n) is 1.50. The van der Waals surface area contributed by atoms with Gasteiger partial charge in [-0.2, -0.15) is 5.10 Å². The molecule has 0 atom stereocenters. The van der Waals surface area contributed by atoms with Crippen LogP contribution in [0, 0.1) is 0 Å². The van der Waals surface area contributed by atoms with Gasteiger partial charge in [-0.05, 0) is 19.0 Å². The lowest BCUT2D eigenvalue weighted by atomic mass is 10.5. The molecular formula is C8H15N3. The van der Waals surface area contributed by atoms with E-state index < -0.39 is 0 Å². The minimum absolute atomic E-state index is 0.965. The predicted molar refractivity (Wildman–Crippen MR) is 45.4 cm³/mol. The van der Waals surface area contributed by atoms with Crippen molar-refractivity contribution in [1.82, 2.24) is 15.1 Å². The standard InChI is InChI=1S/C8H15N3/c1-2-4-9-6-8-11-7-3-5-10-11/h3,5,7,9H,2,4,6,8H2,1H3. The summed E-state index contributed by atoms with van der Waals surface area (Å²) in [6.07, 6.45) is 4.98. The van der Waals surface area contributed by atoms with Crippen LogP contribution in [0.4, 0.5) is 0 Å². The molecular weight excluding hydrogens is 138 g/mol. The molecule has 0 aliphatic rings. The van der Waals surface area contributed by atoms with E-state index in [0.29, 0.717) is 0 Å². The maximum absolute atomic E-state index is 4.09. The van der Waals surface area contributed by atoms with Crippen LogP contribution in [0.2, 0.25) is 0 Å². The van der Waals surface area contributed by atoms with E-state index >= 15 is 0 Å². The molecule has 3 heteroatoms. The molecule has 1 aromatic rings. The van der Waals surface area contributed by atoms with Crippen molar-refractivity contribution in [1.29, 1.82) is 0 Å². The molecule has 0 aliphatic carbocycles. The topological polar surface area (TPSA) is 29.9 Å². The first-order valence-electron chi connectivity index (χ1n) is 4.11. The summed E-state index contributed by atoms with van der Waals surface area (Å²) in [7, 11) is 0. The molecule has 1 N–H and O–H groups in total. The van der Waals surface area contributed by atoms with Crippen LogP contribution < -0.4 is 5.32 Å². The lowest BCUT2D eigenvalue weighted by Crippen LogP contribution is -2.20. The maximum Gasteiger partial charge on any atom is 0.0533 e. The Labute approximate surface area is 67.4 Å². The fraction of sp³-hybridized carbons (Fsp3) is 0.625. The second-order valence-electron chi connectivity index (χ2n) is 2.52. The molecule has 0 radical (unpaired) electrons. The van der Waals surface area contributed by atoms with Crippen molar-refractivity contribution in [2.24, 2.45) is 0 Å². The summed E-state index contributed by atoms with van der Waals surface area (Å²) in [5, 5.41) is 7.40. The average Bonchev–Trinajstić information content (AvgIpc) is 2.50. The quantitative estimate of drug-likeness (QED) is 0.636. The van der Waals surface area contributed by atoms with Crippen molar-refractivity contribution in [2.45, 2.75) is 19.9 Å². The second-order valence-corrected chi connectivity index (χ2v) is 2.52. The van der Waals surface area contributed by atoms with Gasteiger partial charge in [-0.3, -0.25) is 4.68 Å². The number of nitrogens with one attached hydrogen (secondary N) is 1. The van der Waals surface area contributed by atoms with Gasteiger partial charge in [0.05, 0.1) is 6.54 Å². The van der Waals surface area contributed by atoms with E-state index in [1.165, 1.54) is 6.42 Å². The van der Waals surface area contributed by atoms with Crippen molar-refractivity contribution in [3.8, 4) is 0 Å². The number of rotatable bonds is 5. The Morgan fingerprint density at radius 3 is 3.00 bits per heavy atom. The number of hydrogen-bond acceptors (Lipinski definition) is 2. The van der Waals surface area contributed by atoms with Crippen molar-refractivity contribution >= 4 is 0 Å². The zero-order valence-corrected chi connectivity index (χ0v) is 6.95. The summed E-state index contributed by atoms with van der Waals surface area (Å²) in [4.78, 5) is 0. The van der Waals surface area contributed by atoms with Gasteiger partial charge in [0.1, 0.15) is 0 Å². The van der Waals surface area contributed by atoms with Gasteiger partial charge < -0.3 is 5.32 Å². The second kappa shape index (κ2) is 4.91. The van der Waals surface area contributed by atoms with E-state index in [9.17, 15) is 0 Å². The van der Waals surface area contributed by atoms with Gasteiger partial charge in [0, 0.05) is 18.9 Å². The highest BCUT2D eigenvalue weighted by molar-refractivity contribution is 4.77. The smallest absolute Gasteiger partial charge is 0.0533 e. The van der Waals surface area contributed by atoms with E-state index in [-0.39, 0.29) is 0 Å². The summed E-state index contributed by atoms with van der Waals surface area (Å²) in [6.45, 7) is 5.24. The van der Waals surface area contributed by atoms with Crippen molar-refractivity contribution < 1.29 is 0 Å². The van der Waals surface area contributed by atoms with Crippen LogP contribution in [0.5, 0.6) is 0 Å². The van der Waals surface area contributed by atoms with Gasteiger partial charge >= 0.3 is 0 Å². The first kappa shape index (κ1) is 8.27. The van der Waals surface area contributed by atoms with Crippen molar-refractivity contribution in [3.63, 3.8) is 0 Å². The van der Waals surface area contributed by atoms with Gasteiger partial charge in [0.15, 0.2) is 0 Å². The molecule has 62 valence electrons. The fourth-order valence-corrected chi connectivity index (χ4v) is 0.928. The molecule has 0 aromatic carbocycles. The predicted octanol–water partition coefficient (Wildman–Crippen LogP) is 0.883. The Morgan fingerprint density at radius 1 is 1.45 bits per heavy atom. The normalized spacial score (nSPS) is 10.3. The molecule has 0 unspecified atom stereocenters. The molecule has 0 aliphatic heterocycles. The van der Waals surface area contributed by atoms with E-state index in [4.69, 9.17) is 0 Å². The third-order valence-corrected chi connectivity index (χ3v) is 1.50. The zero-order valence-electron chi connectivity index (χ0n) is 6.95. The fourth-order valence-electron chi connectivity index (χ4n) is 0.928. The van der Waals surface area contributed by atoms with Gasteiger partial charge in [0.25, 0.3) is 0 Å². The third kappa shape index (κ3) is 3.18. The molecule has 0 bridgehead atoms. The van der Waals surface area contributed by atoms with E-state index in [1.807, 2.05) is 16.9 Å². The van der Waals surface area contributed by atoms with E-state index in [1.54, 1.807) is 6.20 Å². The minimum atomic E-state index is 0.965. The average molecular weight is 153 g/mol. The number of nitrogens with zero attached hydrogens (tertiary/aromatic N) is 2. The molecule has 0 amide bonds. The number of hydrogen-bond donors (Lipinski definition) is 1. The Kier molecular flexibility index (Phi) is 3.69. The van der Waals surface area contributed by atoms with Crippen LogP contribution in [-0.2, 0) is 6.54 Å². The highest BCUT2D eigenvalue weighted by atomic mass is 15.3. The summed E-state index contributed by atoms with van der Waals surface area (Å²) >= 11 is 0. The largest absolute Gasteiger partial charge is 0.315 e. The Bertz CT molecular complexity index is 169. The first-order chi connectivity index (χ1) is 5.43. The van der Waals surface area contributed by atoms with E-state index in [2.05, 4.69) is 17.3 Å². The highest BCUT2D eigenvalue weighted by Gasteiger charge is 1.87. The summed E-state index contributed by atoms with van der Waals surface area (Å²) in [6, 6.07) is 1.94. The van der Waals surface area contributed by atoms with Crippen molar-refractivity contribution in [3.05, 3.63) is 18.5 Å². The summed E-state index contributed by atoms with van der Waals surface area (Å²) in [5.74, 6) is 0. The van der Waals surface area contributed by atoms with Crippen molar-refractivity contribution in [2.75, 3.05) is 13.1 Å². The van der Waals surface area contributed by atoms with Crippen LogP contribution >= 0.6 is 0 Å². The van der Waals surface area contributed by atoms with Crippen LogP contribution in [-0.4, -0.2) is 22.9 Å². The van der Waals surface area contributed by atoms with E-state index in [0.717, 1.165) is 19.6 Å². The highest BCUT2D eigenvalue weighted by Crippen LogP contribution is 1.82. The van der Waals surface area contributed by atoms with Crippen LogP contribution in [0.15, 0.2) is 18.5 Å². The molecule has 1 rings (SSSR count). The molecule has 0 fully saturated rings. The van der Waals surface area contributed by atoms with Crippen LogP contribution in [0.3, 0.4) is 0 Å². The molecule has 11 heavy (non-hydrogen) atoms. The van der Waals surface area contributed by atoms with Crippen LogP contribution in [0.1, 0.15) is 13.3 Å². The van der Waals surface area contributed by atoms with Gasteiger partial charge in [-0.25, -0.2) is 0 Å². The molecule has 0 spiro atoms. The lowest BCUT2D eigenvalue weighted by Gasteiger charge is -2.01. The summed E-state index contributed by atoms with van der Waals surface area (Å²) in [5.41, 5.74) is 0. The molecule has 3 nitrogen and oxygen atoms in total. The summed E-state index contributed by atoms with van der Waals surface area (Å²) < 4.78 is 1.93. The van der Waals surface area contributed by atoms with Gasteiger partial charge in [-0.1, -0.05) is 6.92 Å². The Morgan fingerprint density at radius 2 is 2.36 bits per heavy atom. The Balaban J connectivity index is 2.04. The molecule has 1 aromatic heterocycles. The Hall–Kier alpha value is -0.830. The van der Waals surface area contributed by atoms with Gasteiger partial charge in [-0.15, -0.1) is 0 Å². The maximum atomic E-state index is 4.09. The number of aromatic nitrogens is 2. The zero-order chi connectivity index (χ0) is 7.94. The lowest BCUT2D eigenvalue weighted by molar-refractivity contribution is 0.553. The monoisotopic (exact) mass is 153 g/mol. The van der Waals surface area contributed by atoms with Crippen LogP contribution in [0.25, 0.3) is 0 Å². The molecule has 0 saturated heterocycles.